The van der Waals surface area contributed by atoms with E-state index in [0.717, 1.165) is 37.4 Å². The number of carboxylic acids is 1. The van der Waals surface area contributed by atoms with Gasteiger partial charge in [0.15, 0.2) is 0 Å². The van der Waals surface area contributed by atoms with Crippen LogP contribution in [0.5, 0.6) is 0 Å². The van der Waals surface area contributed by atoms with Gasteiger partial charge in [-0.2, -0.15) is 0 Å². The number of nitrogens with one attached hydrogen (secondary N) is 1. The molecule has 0 fully saturated rings. The largest absolute Gasteiger partial charge is 0.480 e. The van der Waals surface area contributed by atoms with E-state index in [0.29, 0.717) is 13.0 Å². The minimum absolute atomic E-state index is 0.102. The first-order chi connectivity index (χ1) is 12.6. The third kappa shape index (κ3) is 3.22. The molecule has 2 aliphatic rings. The number of amides is 1. The van der Waals surface area contributed by atoms with Crippen molar-refractivity contribution in [1.29, 1.82) is 0 Å². The zero-order valence-electron chi connectivity index (χ0n) is 14.5. The number of nitrogens with zero attached hydrogens (tertiary/aromatic N) is 3. The number of fused-ring (bicyclic) bond motifs is 2. The molecule has 0 saturated carbocycles. The minimum atomic E-state index is -0.970. The molecule has 1 aromatic carbocycles. The van der Waals surface area contributed by atoms with E-state index >= 15 is 0 Å². The van der Waals surface area contributed by atoms with Crippen LogP contribution in [0.2, 0.25) is 0 Å². The lowest BCUT2D eigenvalue weighted by atomic mass is 10.0. The molecule has 7 nitrogen and oxygen atoms in total. The lowest BCUT2D eigenvalue weighted by molar-refractivity contribution is -0.151. The molecule has 0 spiro atoms. The molecule has 0 aliphatic carbocycles. The molecule has 0 saturated heterocycles. The number of imidazole rings is 1. The summed E-state index contributed by atoms with van der Waals surface area (Å²) in [5, 5.41) is 9.48. The first-order valence-corrected chi connectivity index (χ1v) is 8.94. The molecule has 2 N–H and O–H groups in total. The molecule has 136 valence electrons. The fraction of sp³-hybridized carbons (Fsp3) is 0.421. The van der Waals surface area contributed by atoms with Crippen LogP contribution in [0.4, 0.5) is 0 Å². The summed E-state index contributed by atoms with van der Waals surface area (Å²) in [5.41, 5.74) is 4.29. The van der Waals surface area contributed by atoms with E-state index in [4.69, 9.17) is 0 Å². The van der Waals surface area contributed by atoms with Gasteiger partial charge in [0.05, 0.1) is 24.3 Å². The van der Waals surface area contributed by atoms with E-state index < -0.39 is 12.0 Å². The van der Waals surface area contributed by atoms with Crippen LogP contribution in [0.25, 0.3) is 0 Å². The first kappa shape index (κ1) is 16.8. The first-order valence-electron chi connectivity index (χ1n) is 8.94. The van der Waals surface area contributed by atoms with Gasteiger partial charge >= 0.3 is 5.97 Å². The summed E-state index contributed by atoms with van der Waals surface area (Å²) in [4.78, 5) is 35.2. The third-order valence-corrected chi connectivity index (χ3v) is 5.28. The third-order valence-electron chi connectivity index (χ3n) is 5.28. The number of rotatable bonds is 5. The molecule has 1 aromatic heterocycles. The minimum Gasteiger partial charge on any atom is -0.480 e. The lowest BCUT2D eigenvalue weighted by Crippen LogP contribution is -2.48. The number of carboxylic acid groups (broad SMARTS) is 1. The van der Waals surface area contributed by atoms with Crippen LogP contribution in [-0.2, 0) is 35.6 Å². The van der Waals surface area contributed by atoms with Gasteiger partial charge in [-0.3, -0.25) is 9.69 Å². The summed E-state index contributed by atoms with van der Waals surface area (Å²) in [6, 6.07) is 7.58. The van der Waals surface area contributed by atoms with E-state index in [2.05, 4.69) is 39.1 Å². The molecular formula is C19H22N4O3. The van der Waals surface area contributed by atoms with E-state index in [9.17, 15) is 14.7 Å². The van der Waals surface area contributed by atoms with Crippen molar-refractivity contribution in [2.75, 3.05) is 6.54 Å². The Bertz CT molecular complexity index is 807. The van der Waals surface area contributed by atoms with Gasteiger partial charge in [-0.25, -0.2) is 9.78 Å². The number of aliphatic carboxylic acids is 1. The molecule has 4 rings (SSSR count). The Balaban J connectivity index is 1.32. The molecule has 2 aromatic rings. The van der Waals surface area contributed by atoms with Crippen molar-refractivity contribution in [3.05, 3.63) is 53.1 Å². The second-order valence-electron chi connectivity index (χ2n) is 6.99. The average molecular weight is 354 g/mol. The Kier molecular flexibility index (Phi) is 4.46. The fourth-order valence-corrected chi connectivity index (χ4v) is 3.88. The lowest BCUT2D eigenvalue weighted by Gasteiger charge is -2.32. The highest BCUT2D eigenvalue weighted by atomic mass is 16.4. The Morgan fingerprint density at radius 3 is 2.62 bits per heavy atom. The van der Waals surface area contributed by atoms with E-state index in [1.165, 1.54) is 16.0 Å². The van der Waals surface area contributed by atoms with Crippen molar-refractivity contribution in [3.63, 3.8) is 0 Å². The van der Waals surface area contributed by atoms with Gasteiger partial charge in [0.1, 0.15) is 6.04 Å². The summed E-state index contributed by atoms with van der Waals surface area (Å²) >= 11 is 0. The molecule has 0 bridgehead atoms. The van der Waals surface area contributed by atoms with Crippen molar-refractivity contribution < 1.29 is 14.7 Å². The second kappa shape index (κ2) is 6.92. The van der Waals surface area contributed by atoms with Crippen molar-refractivity contribution in [2.45, 2.75) is 44.9 Å². The number of carbonyl (C=O) groups is 2. The molecular weight excluding hydrogens is 332 g/mol. The summed E-state index contributed by atoms with van der Waals surface area (Å²) < 4.78 is 0. The van der Waals surface area contributed by atoms with Gasteiger partial charge in [-0.1, -0.05) is 24.3 Å². The van der Waals surface area contributed by atoms with Crippen LogP contribution in [0.15, 0.2) is 30.6 Å². The standard InChI is InChI=1S/C19H22N4O3/c24-18(6-3-7-22-9-13-4-1-2-5-14(13)10-22)23-11-16-15(20-12-21-16)8-17(23)19(25)26/h1-2,4-5,12,17H,3,6-11H2,(H,20,21)(H,25,26). The van der Waals surface area contributed by atoms with Gasteiger partial charge in [0, 0.05) is 25.9 Å². The predicted molar refractivity (Wildman–Crippen MR) is 94.1 cm³/mol. The van der Waals surface area contributed by atoms with Crippen LogP contribution in [0.3, 0.4) is 0 Å². The molecule has 0 radical (unpaired) electrons. The molecule has 26 heavy (non-hydrogen) atoms. The van der Waals surface area contributed by atoms with Gasteiger partial charge < -0.3 is 15.0 Å². The number of aromatic nitrogens is 2. The Morgan fingerprint density at radius 1 is 1.19 bits per heavy atom. The van der Waals surface area contributed by atoms with Crippen LogP contribution >= 0.6 is 0 Å². The number of carbonyl (C=O) groups excluding carboxylic acids is 1. The molecule has 7 heteroatoms. The fourth-order valence-electron chi connectivity index (χ4n) is 3.88. The van der Waals surface area contributed by atoms with Gasteiger partial charge in [-0.05, 0) is 24.1 Å². The maximum Gasteiger partial charge on any atom is 0.326 e. The average Bonchev–Trinajstić information content (AvgIpc) is 3.25. The van der Waals surface area contributed by atoms with Gasteiger partial charge in [0.25, 0.3) is 0 Å². The second-order valence-corrected chi connectivity index (χ2v) is 6.99. The maximum absolute atomic E-state index is 12.6. The van der Waals surface area contributed by atoms with Crippen molar-refractivity contribution in [2.24, 2.45) is 0 Å². The molecule has 3 heterocycles. The Hall–Kier alpha value is -2.67. The van der Waals surface area contributed by atoms with E-state index in [1.54, 1.807) is 6.33 Å². The van der Waals surface area contributed by atoms with Gasteiger partial charge in [-0.15, -0.1) is 0 Å². The normalized spacial score (nSPS) is 19.2. The SMILES string of the molecule is O=C(O)C1Cc2nc[nH]c2CN1C(=O)CCCN1Cc2ccccc2C1. The quantitative estimate of drug-likeness (QED) is 0.850. The van der Waals surface area contributed by atoms with Crippen molar-refractivity contribution >= 4 is 11.9 Å². The molecule has 1 unspecified atom stereocenters. The van der Waals surface area contributed by atoms with Crippen LogP contribution in [0, 0.1) is 0 Å². The van der Waals surface area contributed by atoms with E-state index in [1.807, 2.05) is 0 Å². The Morgan fingerprint density at radius 2 is 1.92 bits per heavy atom. The number of aromatic amines is 1. The Labute approximate surface area is 151 Å². The van der Waals surface area contributed by atoms with Crippen LogP contribution < -0.4 is 0 Å². The number of hydrogen-bond acceptors (Lipinski definition) is 4. The van der Waals surface area contributed by atoms with Gasteiger partial charge in [0.2, 0.25) is 5.91 Å². The summed E-state index contributed by atoms with van der Waals surface area (Å²) in [7, 11) is 0. The number of H-pyrrole nitrogens is 1. The maximum atomic E-state index is 12.6. The highest BCUT2D eigenvalue weighted by Gasteiger charge is 2.35. The summed E-state index contributed by atoms with van der Waals surface area (Å²) in [6.45, 7) is 2.97. The highest BCUT2D eigenvalue weighted by Crippen LogP contribution is 2.24. The topological polar surface area (TPSA) is 89.5 Å². The zero-order valence-corrected chi connectivity index (χ0v) is 14.5. The van der Waals surface area contributed by atoms with Crippen LogP contribution in [0.1, 0.15) is 35.4 Å². The highest BCUT2D eigenvalue weighted by molar-refractivity contribution is 5.84. The van der Waals surface area contributed by atoms with Crippen molar-refractivity contribution in [1.82, 2.24) is 19.8 Å². The monoisotopic (exact) mass is 354 g/mol. The molecule has 1 amide bonds. The summed E-state index contributed by atoms with van der Waals surface area (Å²) in [6.07, 6.45) is 2.91. The number of hydrogen-bond donors (Lipinski definition) is 2. The summed E-state index contributed by atoms with van der Waals surface area (Å²) in [5.74, 6) is -1.07. The van der Waals surface area contributed by atoms with Crippen molar-refractivity contribution in [3.8, 4) is 0 Å². The predicted octanol–water partition coefficient (Wildman–Crippen LogP) is 1.54. The zero-order chi connectivity index (χ0) is 18.1. The molecule has 1 atom stereocenters. The van der Waals surface area contributed by atoms with Crippen LogP contribution in [-0.4, -0.2) is 49.3 Å². The molecule has 2 aliphatic heterocycles. The van der Waals surface area contributed by atoms with E-state index in [-0.39, 0.29) is 12.3 Å². The number of benzene rings is 1. The smallest absolute Gasteiger partial charge is 0.326 e.